The molecule has 0 bridgehead atoms. The molecule has 7 nitrogen and oxygen atoms in total. The van der Waals surface area contributed by atoms with Gasteiger partial charge in [0.2, 0.25) is 11.8 Å². The highest BCUT2D eigenvalue weighted by atomic mass is 16.7. The molecule has 2 heterocycles. The molecule has 2 N–H and O–H groups in total. The summed E-state index contributed by atoms with van der Waals surface area (Å²) in [5.74, 6) is -0.726. The smallest absolute Gasteiger partial charge is 0.434 e. The molecule has 7 heteroatoms. The third-order valence-corrected chi connectivity index (χ3v) is 3.62. The number of hydrogen-bond donors (Lipinski definition) is 2. The van der Waals surface area contributed by atoms with Gasteiger partial charge in [0.1, 0.15) is 0 Å². The van der Waals surface area contributed by atoms with Crippen molar-refractivity contribution in [3.05, 3.63) is 66.5 Å². The predicted octanol–water partition coefficient (Wildman–Crippen LogP) is 2.64. The van der Waals surface area contributed by atoms with Crippen LogP contribution in [-0.2, 0) is 6.54 Å². The van der Waals surface area contributed by atoms with Gasteiger partial charge in [-0.15, -0.1) is 4.73 Å². The second-order valence-corrected chi connectivity index (χ2v) is 5.50. The number of rotatable bonds is 4. The first-order valence-corrected chi connectivity index (χ1v) is 7.57. The zero-order valence-corrected chi connectivity index (χ0v) is 13.5. The van der Waals surface area contributed by atoms with E-state index in [1.165, 1.54) is 17.0 Å². The number of carbonyl (C=O) groups is 1. The van der Waals surface area contributed by atoms with Gasteiger partial charge in [0.05, 0.1) is 0 Å². The van der Waals surface area contributed by atoms with Gasteiger partial charge in [-0.3, -0.25) is 4.98 Å². The molecule has 1 amide bonds. The van der Waals surface area contributed by atoms with E-state index >= 15 is 0 Å². The molecule has 0 aliphatic rings. The van der Waals surface area contributed by atoms with Gasteiger partial charge in [0.15, 0.2) is 0 Å². The Hall–Kier alpha value is -3.48. The van der Waals surface area contributed by atoms with E-state index < -0.39 is 6.09 Å². The number of hydrogen-bond acceptors (Lipinski definition) is 5. The van der Waals surface area contributed by atoms with Crippen LogP contribution < -0.4 is 4.84 Å². The van der Waals surface area contributed by atoms with Crippen LogP contribution in [0.1, 0.15) is 5.56 Å². The largest absolute Gasteiger partial charge is 0.492 e. The highest BCUT2D eigenvalue weighted by Crippen LogP contribution is 2.21. The van der Waals surface area contributed by atoms with Gasteiger partial charge < -0.3 is 20.0 Å². The minimum Gasteiger partial charge on any atom is -0.492 e. The molecule has 0 aliphatic carbocycles. The molecule has 3 rings (SSSR count). The summed E-state index contributed by atoms with van der Waals surface area (Å²) < 4.78 is 0.658. The molecule has 0 aliphatic heterocycles. The van der Waals surface area contributed by atoms with Crippen molar-refractivity contribution in [3.8, 4) is 22.9 Å². The Morgan fingerprint density at radius 3 is 2.52 bits per heavy atom. The molecule has 1 aromatic carbocycles. The topological polar surface area (TPSA) is 87.8 Å². The van der Waals surface area contributed by atoms with Gasteiger partial charge in [-0.05, 0) is 28.8 Å². The third kappa shape index (κ3) is 3.72. The molecule has 0 spiro atoms. The van der Waals surface area contributed by atoms with Gasteiger partial charge in [-0.25, -0.2) is 4.79 Å². The third-order valence-electron chi connectivity index (χ3n) is 3.62. The van der Waals surface area contributed by atoms with Crippen LogP contribution in [0, 0.1) is 0 Å². The highest BCUT2D eigenvalue weighted by Gasteiger charge is 2.16. The number of amides is 1. The summed E-state index contributed by atoms with van der Waals surface area (Å²) in [6.45, 7) is 0.301. The summed E-state index contributed by atoms with van der Waals surface area (Å²) in [6.07, 6.45) is 2.77. The Bertz CT molecular complexity index is 858. The highest BCUT2D eigenvalue weighted by molar-refractivity contribution is 5.68. The summed E-state index contributed by atoms with van der Waals surface area (Å²) in [5.41, 5.74) is 2.88. The van der Waals surface area contributed by atoms with Crippen molar-refractivity contribution in [1.82, 2.24) is 14.6 Å². The number of pyridine rings is 1. The van der Waals surface area contributed by atoms with Crippen molar-refractivity contribution in [2.24, 2.45) is 0 Å². The maximum atomic E-state index is 12.1. The lowest BCUT2D eigenvalue weighted by Gasteiger charge is -2.17. The van der Waals surface area contributed by atoms with E-state index in [2.05, 4.69) is 4.98 Å². The Morgan fingerprint density at radius 1 is 1.12 bits per heavy atom. The number of nitrogens with zero attached hydrogens (tertiary/aromatic N) is 3. The Labute approximate surface area is 144 Å². The standard InChI is InChI=1S/C18H17N3O4/c1-20(18(24)25-21-16(22)7-8-17(21)23)12-13-4-2-5-14(10-13)15-6-3-9-19-11-15/h2-11,22-23H,12H2,1H3. The van der Waals surface area contributed by atoms with Gasteiger partial charge in [-0.1, -0.05) is 24.3 Å². The van der Waals surface area contributed by atoms with E-state index in [1.54, 1.807) is 19.4 Å². The first kappa shape index (κ1) is 16.4. The van der Waals surface area contributed by atoms with E-state index in [0.717, 1.165) is 16.7 Å². The van der Waals surface area contributed by atoms with Crippen molar-refractivity contribution in [1.29, 1.82) is 0 Å². The Balaban J connectivity index is 1.70. The van der Waals surface area contributed by atoms with Crippen molar-refractivity contribution < 1.29 is 19.8 Å². The normalized spacial score (nSPS) is 10.4. The van der Waals surface area contributed by atoms with Crippen molar-refractivity contribution >= 4 is 6.09 Å². The van der Waals surface area contributed by atoms with Gasteiger partial charge in [-0.2, -0.15) is 0 Å². The molecule has 0 fully saturated rings. The summed E-state index contributed by atoms with van der Waals surface area (Å²) in [6, 6.07) is 14.0. The Morgan fingerprint density at radius 2 is 1.84 bits per heavy atom. The van der Waals surface area contributed by atoms with Crippen LogP contribution >= 0.6 is 0 Å². The molecule has 0 saturated heterocycles. The molecule has 0 atom stereocenters. The number of aromatic nitrogens is 2. The maximum Gasteiger partial charge on any atom is 0.434 e. The molecule has 0 radical (unpaired) electrons. The first-order valence-electron chi connectivity index (χ1n) is 7.57. The number of carbonyl (C=O) groups excluding carboxylic acids is 1. The molecular formula is C18H17N3O4. The minimum absolute atomic E-state index is 0.301. The average molecular weight is 339 g/mol. The summed E-state index contributed by atoms with van der Waals surface area (Å²) in [5, 5.41) is 19.0. The van der Waals surface area contributed by atoms with Crippen molar-refractivity contribution in [2.45, 2.75) is 6.54 Å². The van der Waals surface area contributed by atoms with Crippen LogP contribution in [0.3, 0.4) is 0 Å². The molecule has 0 saturated carbocycles. The quantitative estimate of drug-likeness (QED) is 0.763. The second-order valence-electron chi connectivity index (χ2n) is 5.50. The molecular weight excluding hydrogens is 322 g/mol. The van der Waals surface area contributed by atoms with Crippen LogP contribution in [0.2, 0.25) is 0 Å². The number of aromatic hydroxyl groups is 2. The van der Waals surface area contributed by atoms with Gasteiger partial charge in [0, 0.05) is 38.1 Å². The second kappa shape index (κ2) is 6.96. The fourth-order valence-corrected chi connectivity index (χ4v) is 2.36. The lowest BCUT2D eigenvalue weighted by Crippen LogP contribution is -2.33. The molecule has 0 unspecified atom stereocenters. The van der Waals surface area contributed by atoms with Crippen LogP contribution in [0.5, 0.6) is 11.8 Å². The molecule has 3 aromatic rings. The SMILES string of the molecule is CN(Cc1cccc(-c2cccnc2)c1)C(=O)On1c(O)ccc1O. The fraction of sp³-hybridized carbons (Fsp3) is 0.111. The van der Waals surface area contributed by atoms with Crippen LogP contribution in [0.25, 0.3) is 11.1 Å². The van der Waals surface area contributed by atoms with Crippen molar-refractivity contribution in [3.63, 3.8) is 0 Å². The summed E-state index contributed by atoms with van der Waals surface area (Å²) in [7, 11) is 1.57. The number of benzene rings is 1. The van der Waals surface area contributed by atoms with Crippen molar-refractivity contribution in [2.75, 3.05) is 7.05 Å². The van der Waals surface area contributed by atoms with E-state index in [1.807, 2.05) is 36.4 Å². The van der Waals surface area contributed by atoms with Gasteiger partial charge in [0.25, 0.3) is 0 Å². The lowest BCUT2D eigenvalue weighted by molar-refractivity contribution is 0.0794. The average Bonchev–Trinajstić information content (AvgIpc) is 2.94. The van der Waals surface area contributed by atoms with Crippen LogP contribution in [0.4, 0.5) is 4.79 Å². The summed E-state index contributed by atoms with van der Waals surface area (Å²) >= 11 is 0. The summed E-state index contributed by atoms with van der Waals surface area (Å²) in [4.78, 5) is 22.5. The maximum absolute atomic E-state index is 12.1. The molecule has 128 valence electrons. The fourth-order valence-electron chi connectivity index (χ4n) is 2.36. The van der Waals surface area contributed by atoms with Crippen LogP contribution in [-0.4, -0.2) is 38.0 Å². The zero-order valence-electron chi connectivity index (χ0n) is 13.5. The molecule has 25 heavy (non-hydrogen) atoms. The van der Waals surface area contributed by atoms with Gasteiger partial charge >= 0.3 is 6.09 Å². The van der Waals surface area contributed by atoms with Crippen LogP contribution in [0.15, 0.2) is 60.9 Å². The monoisotopic (exact) mass is 339 g/mol. The van der Waals surface area contributed by atoms with E-state index in [9.17, 15) is 15.0 Å². The van der Waals surface area contributed by atoms with E-state index in [-0.39, 0.29) is 11.8 Å². The van der Waals surface area contributed by atoms with E-state index in [0.29, 0.717) is 11.3 Å². The lowest BCUT2D eigenvalue weighted by atomic mass is 10.0. The zero-order chi connectivity index (χ0) is 17.8. The molecule has 2 aromatic heterocycles. The predicted molar refractivity (Wildman–Crippen MR) is 90.9 cm³/mol. The minimum atomic E-state index is -0.714. The Kier molecular flexibility index (Phi) is 4.56. The van der Waals surface area contributed by atoms with E-state index in [4.69, 9.17) is 4.84 Å². The first-order chi connectivity index (χ1) is 12.0.